The van der Waals surface area contributed by atoms with Gasteiger partial charge in [-0.25, -0.2) is 0 Å². The maximum absolute atomic E-state index is 13.3. The standard InChI is InChI=1S/C29H26F3N3O4S/c1-17(2)16-35-27(37)24(33-20-8-12-22(39-3)13-9-20)25(28(35)38)40-23-14-10-21(11-15-23)34-26(36)18-4-6-19(7-5-18)29(30,31)32/h4-15,17,33H,16H2,1-3H3,(H,34,36). The van der Waals surface area contributed by atoms with Gasteiger partial charge < -0.3 is 15.4 Å². The maximum Gasteiger partial charge on any atom is 0.416 e. The van der Waals surface area contributed by atoms with E-state index in [0.29, 0.717) is 22.0 Å². The summed E-state index contributed by atoms with van der Waals surface area (Å²) in [4.78, 5) is 41.0. The summed E-state index contributed by atoms with van der Waals surface area (Å²) < 4.78 is 43.5. The second kappa shape index (κ2) is 11.9. The highest BCUT2D eigenvalue weighted by Gasteiger charge is 2.39. The summed E-state index contributed by atoms with van der Waals surface area (Å²) in [6.45, 7) is 4.10. The number of rotatable bonds is 9. The monoisotopic (exact) mass is 569 g/mol. The van der Waals surface area contributed by atoms with Gasteiger partial charge >= 0.3 is 6.18 Å². The van der Waals surface area contributed by atoms with Gasteiger partial charge in [0.05, 0.1) is 12.7 Å². The molecule has 3 aromatic rings. The number of halogens is 3. The van der Waals surface area contributed by atoms with Crippen molar-refractivity contribution in [3.63, 3.8) is 0 Å². The highest BCUT2D eigenvalue weighted by Crippen LogP contribution is 2.37. The van der Waals surface area contributed by atoms with Gasteiger partial charge in [0, 0.05) is 28.4 Å². The number of nitrogens with one attached hydrogen (secondary N) is 2. The lowest BCUT2D eigenvalue weighted by molar-refractivity contribution is -0.138. The van der Waals surface area contributed by atoms with Crippen molar-refractivity contribution in [1.29, 1.82) is 0 Å². The third kappa shape index (κ3) is 6.66. The average molecular weight is 570 g/mol. The van der Waals surface area contributed by atoms with E-state index in [1.807, 2.05) is 13.8 Å². The average Bonchev–Trinajstić information content (AvgIpc) is 3.13. The summed E-state index contributed by atoms with van der Waals surface area (Å²) in [5.74, 6) is -0.664. The van der Waals surface area contributed by atoms with Gasteiger partial charge in [-0.05, 0) is 78.7 Å². The largest absolute Gasteiger partial charge is 0.497 e. The number of hydrogen-bond acceptors (Lipinski definition) is 6. The van der Waals surface area contributed by atoms with Gasteiger partial charge in [-0.1, -0.05) is 25.6 Å². The van der Waals surface area contributed by atoms with Gasteiger partial charge in [-0.15, -0.1) is 0 Å². The molecule has 0 radical (unpaired) electrons. The summed E-state index contributed by atoms with van der Waals surface area (Å²) in [5, 5.41) is 5.72. The van der Waals surface area contributed by atoms with Gasteiger partial charge in [-0.3, -0.25) is 19.3 Å². The molecule has 7 nitrogen and oxygen atoms in total. The Morgan fingerprint density at radius 2 is 1.50 bits per heavy atom. The zero-order valence-electron chi connectivity index (χ0n) is 21.8. The van der Waals surface area contributed by atoms with Crippen LogP contribution in [0.5, 0.6) is 5.75 Å². The van der Waals surface area contributed by atoms with Crippen LogP contribution >= 0.6 is 11.8 Å². The van der Waals surface area contributed by atoms with E-state index in [4.69, 9.17) is 4.74 Å². The van der Waals surface area contributed by atoms with Crippen molar-refractivity contribution in [2.45, 2.75) is 24.9 Å². The first kappa shape index (κ1) is 28.8. The number of nitrogens with zero attached hydrogens (tertiary/aromatic N) is 1. The molecule has 0 aliphatic carbocycles. The fourth-order valence-corrected chi connectivity index (χ4v) is 4.79. The van der Waals surface area contributed by atoms with E-state index in [2.05, 4.69) is 10.6 Å². The van der Waals surface area contributed by atoms with Crippen molar-refractivity contribution in [2.24, 2.45) is 5.92 Å². The molecule has 0 spiro atoms. The third-order valence-electron chi connectivity index (χ3n) is 5.84. The van der Waals surface area contributed by atoms with Crippen LogP contribution in [0.4, 0.5) is 24.5 Å². The van der Waals surface area contributed by atoms with E-state index < -0.39 is 29.5 Å². The first-order valence-electron chi connectivity index (χ1n) is 12.2. The zero-order chi connectivity index (χ0) is 29.0. The topological polar surface area (TPSA) is 87.7 Å². The molecule has 3 aromatic carbocycles. The van der Waals surface area contributed by atoms with E-state index in [9.17, 15) is 27.6 Å². The minimum atomic E-state index is -4.49. The molecule has 0 aromatic heterocycles. The molecule has 1 aliphatic rings. The third-order valence-corrected chi connectivity index (χ3v) is 6.93. The van der Waals surface area contributed by atoms with Crippen LogP contribution in [0.15, 0.2) is 88.3 Å². The smallest absolute Gasteiger partial charge is 0.416 e. The van der Waals surface area contributed by atoms with Crippen molar-refractivity contribution in [3.8, 4) is 5.75 Å². The van der Waals surface area contributed by atoms with Crippen LogP contribution in [0.3, 0.4) is 0 Å². The molecule has 0 unspecified atom stereocenters. The summed E-state index contributed by atoms with van der Waals surface area (Å²) in [6.07, 6.45) is -4.49. The Morgan fingerprint density at radius 1 is 0.900 bits per heavy atom. The molecule has 208 valence electrons. The van der Waals surface area contributed by atoms with Crippen LogP contribution in [0, 0.1) is 5.92 Å². The van der Waals surface area contributed by atoms with Crippen molar-refractivity contribution in [2.75, 3.05) is 24.3 Å². The molecule has 40 heavy (non-hydrogen) atoms. The molecular weight excluding hydrogens is 543 g/mol. The normalized spacial score (nSPS) is 13.7. The first-order valence-corrected chi connectivity index (χ1v) is 13.1. The van der Waals surface area contributed by atoms with Gasteiger partial charge in [0.25, 0.3) is 17.7 Å². The van der Waals surface area contributed by atoms with Crippen LogP contribution in [-0.2, 0) is 15.8 Å². The number of thioether (sulfide) groups is 1. The van der Waals surface area contributed by atoms with E-state index in [-0.39, 0.29) is 28.6 Å². The molecular formula is C29H26F3N3O4S. The number of imide groups is 1. The van der Waals surface area contributed by atoms with Crippen LogP contribution in [-0.4, -0.2) is 36.3 Å². The molecule has 0 fully saturated rings. The number of carbonyl (C=O) groups is 3. The van der Waals surface area contributed by atoms with Crippen LogP contribution in [0.2, 0.25) is 0 Å². The lowest BCUT2D eigenvalue weighted by atomic mass is 10.1. The number of hydrogen-bond donors (Lipinski definition) is 2. The van der Waals surface area contributed by atoms with Gasteiger partial charge in [0.1, 0.15) is 16.4 Å². The number of anilines is 2. The molecule has 2 N–H and O–H groups in total. The predicted octanol–water partition coefficient (Wildman–Crippen LogP) is 6.41. The van der Waals surface area contributed by atoms with Crippen LogP contribution in [0.25, 0.3) is 0 Å². The quantitative estimate of drug-likeness (QED) is 0.290. The molecule has 0 bridgehead atoms. The Morgan fingerprint density at radius 3 is 2.05 bits per heavy atom. The fourth-order valence-electron chi connectivity index (χ4n) is 3.85. The Labute approximate surface area is 233 Å². The summed E-state index contributed by atoms with van der Waals surface area (Å²) in [6, 6.07) is 17.4. The Hall–Kier alpha value is -4.25. The fraction of sp³-hybridized carbons (Fsp3) is 0.207. The molecule has 0 saturated carbocycles. The minimum Gasteiger partial charge on any atom is -0.497 e. The SMILES string of the molecule is COc1ccc(NC2=C(Sc3ccc(NC(=O)c4ccc(C(F)(F)F)cc4)cc3)C(=O)N(CC(C)C)C2=O)cc1. The maximum atomic E-state index is 13.3. The molecule has 1 aliphatic heterocycles. The van der Waals surface area contributed by atoms with Crippen molar-refractivity contribution >= 4 is 40.9 Å². The van der Waals surface area contributed by atoms with Crippen molar-refractivity contribution in [1.82, 2.24) is 4.90 Å². The Bertz CT molecular complexity index is 1440. The van der Waals surface area contributed by atoms with E-state index in [1.54, 1.807) is 55.6 Å². The van der Waals surface area contributed by atoms with Crippen LogP contribution < -0.4 is 15.4 Å². The minimum absolute atomic E-state index is 0.0752. The Kier molecular flexibility index (Phi) is 8.53. The van der Waals surface area contributed by atoms with Crippen molar-refractivity contribution in [3.05, 3.63) is 94.5 Å². The number of benzene rings is 3. The number of ether oxygens (including phenoxy) is 1. The van der Waals surface area contributed by atoms with Gasteiger partial charge in [-0.2, -0.15) is 13.2 Å². The van der Waals surface area contributed by atoms with Gasteiger partial charge in [0.2, 0.25) is 0 Å². The molecule has 11 heteroatoms. The Balaban J connectivity index is 1.51. The van der Waals surface area contributed by atoms with E-state index in [1.165, 1.54) is 4.90 Å². The summed E-state index contributed by atoms with van der Waals surface area (Å²) >= 11 is 1.12. The molecule has 0 atom stereocenters. The number of methoxy groups -OCH3 is 1. The van der Waals surface area contributed by atoms with E-state index in [0.717, 1.165) is 36.0 Å². The van der Waals surface area contributed by atoms with Gasteiger partial charge in [0.15, 0.2) is 0 Å². The predicted molar refractivity (Wildman–Crippen MR) is 147 cm³/mol. The molecule has 1 heterocycles. The van der Waals surface area contributed by atoms with Crippen LogP contribution in [0.1, 0.15) is 29.8 Å². The second-order valence-electron chi connectivity index (χ2n) is 9.33. The number of carbonyl (C=O) groups excluding carboxylic acids is 3. The molecule has 4 rings (SSSR count). The molecule has 3 amide bonds. The summed E-state index contributed by atoms with van der Waals surface area (Å²) in [7, 11) is 1.55. The number of amides is 3. The lowest BCUT2D eigenvalue weighted by Gasteiger charge is -2.17. The van der Waals surface area contributed by atoms with Crippen molar-refractivity contribution < 1.29 is 32.3 Å². The highest BCUT2D eigenvalue weighted by atomic mass is 32.2. The lowest BCUT2D eigenvalue weighted by Crippen LogP contribution is -2.35. The highest BCUT2D eigenvalue weighted by molar-refractivity contribution is 8.04. The second-order valence-corrected chi connectivity index (χ2v) is 10.4. The summed E-state index contributed by atoms with van der Waals surface area (Å²) in [5.41, 5.74) is 0.428. The first-order chi connectivity index (χ1) is 19.0. The number of alkyl halides is 3. The molecule has 0 saturated heterocycles. The van der Waals surface area contributed by atoms with E-state index >= 15 is 0 Å². The zero-order valence-corrected chi connectivity index (χ0v) is 22.7.